The Morgan fingerprint density at radius 1 is 0.829 bits per heavy atom. The molecule has 0 aromatic heterocycles. The van der Waals surface area contributed by atoms with Gasteiger partial charge >= 0.3 is 5.97 Å². The monoisotopic (exact) mass is 486 g/mol. The molecule has 0 saturated carbocycles. The lowest BCUT2D eigenvalue weighted by Gasteiger charge is -2.12. The van der Waals surface area contributed by atoms with E-state index in [9.17, 15) is 23.1 Å². The number of anilines is 2. The molecule has 0 saturated heterocycles. The smallest absolute Gasteiger partial charge is 0.337 e. The van der Waals surface area contributed by atoms with Crippen molar-refractivity contribution in [3.05, 3.63) is 108 Å². The lowest BCUT2D eigenvalue weighted by Crippen LogP contribution is -2.15. The standard InChI is InChI=1S/C27H22N2O5S/c1-18(20-12-11-19-7-5-6-8-21(19)16-20)15-26(30)28-25-17-22(13-14-24(25)27(31)32)29-35(33,34)23-9-3-2-4-10-23/h2-17,29H,1H3,(H,28,30)(H,31,32). The lowest BCUT2D eigenvalue weighted by atomic mass is 10.0. The predicted octanol–water partition coefficient (Wildman–Crippen LogP) is 5.38. The Labute approximate surface area is 202 Å². The average molecular weight is 487 g/mol. The van der Waals surface area contributed by atoms with E-state index in [1.165, 1.54) is 36.4 Å². The van der Waals surface area contributed by atoms with Gasteiger partial charge in [0.2, 0.25) is 5.91 Å². The van der Waals surface area contributed by atoms with Crippen LogP contribution >= 0.6 is 0 Å². The van der Waals surface area contributed by atoms with Crippen molar-refractivity contribution in [2.45, 2.75) is 11.8 Å². The van der Waals surface area contributed by atoms with E-state index in [0.29, 0.717) is 5.57 Å². The summed E-state index contributed by atoms with van der Waals surface area (Å²) in [5.41, 5.74) is 1.45. The van der Waals surface area contributed by atoms with E-state index in [4.69, 9.17) is 0 Å². The van der Waals surface area contributed by atoms with E-state index in [1.807, 2.05) is 42.5 Å². The highest BCUT2D eigenvalue weighted by Gasteiger charge is 2.17. The molecule has 4 rings (SSSR count). The van der Waals surface area contributed by atoms with Crippen molar-refractivity contribution in [3.63, 3.8) is 0 Å². The fourth-order valence-electron chi connectivity index (χ4n) is 3.59. The van der Waals surface area contributed by atoms with Crippen LogP contribution in [0.1, 0.15) is 22.8 Å². The van der Waals surface area contributed by atoms with E-state index in [-0.39, 0.29) is 21.8 Å². The van der Waals surface area contributed by atoms with Crippen LogP contribution in [0.4, 0.5) is 11.4 Å². The van der Waals surface area contributed by atoms with Crippen LogP contribution in [0.5, 0.6) is 0 Å². The summed E-state index contributed by atoms with van der Waals surface area (Å²) in [6, 6.07) is 25.3. The Morgan fingerprint density at radius 3 is 2.23 bits per heavy atom. The van der Waals surface area contributed by atoms with Gasteiger partial charge in [-0.15, -0.1) is 0 Å². The van der Waals surface area contributed by atoms with Gasteiger partial charge in [0.15, 0.2) is 0 Å². The van der Waals surface area contributed by atoms with Gasteiger partial charge in [-0.25, -0.2) is 13.2 Å². The third-order valence-corrected chi connectivity index (χ3v) is 6.76. The molecule has 0 fully saturated rings. The lowest BCUT2D eigenvalue weighted by molar-refractivity contribution is -0.111. The van der Waals surface area contributed by atoms with Gasteiger partial charge in [-0.1, -0.05) is 54.6 Å². The van der Waals surface area contributed by atoms with Crippen molar-refractivity contribution >= 4 is 49.6 Å². The highest BCUT2D eigenvalue weighted by atomic mass is 32.2. The highest BCUT2D eigenvalue weighted by Crippen LogP contribution is 2.25. The van der Waals surface area contributed by atoms with Crippen LogP contribution in [0, 0.1) is 0 Å². The SMILES string of the molecule is CC(=CC(=O)Nc1cc(NS(=O)(=O)c2ccccc2)ccc1C(=O)O)c1ccc2ccccc2c1. The second kappa shape index (κ2) is 9.82. The maximum Gasteiger partial charge on any atom is 0.337 e. The molecule has 0 unspecified atom stereocenters. The normalized spacial score (nSPS) is 11.7. The number of benzene rings is 4. The van der Waals surface area contributed by atoms with Gasteiger partial charge in [0.1, 0.15) is 0 Å². The Hall–Kier alpha value is -4.43. The van der Waals surface area contributed by atoms with Gasteiger partial charge in [-0.2, -0.15) is 0 Å². The summed E-state index contributed by atoms with van der Waals surface area (Å²) in [6.45, 7) is 1.78. The summed E-state index contributed by atoms with van der Waals surface area (Å²) < 4.78 is 27.7. The molecule has 0 aliphatic rings. The predicted molar refractivity (Wildman–Crippen MR) is 137 cm³/mol. The molecule has 0 aliphatic heterocycles. The molecule has 0 atom stereocenters. The first-order chi connectivity index (χ1) is 16.7. The topological polar surface area (TPSA) is 113 Å². The Bertz CT molecular complexity index is 1560. The number of carboxylic acid groups (broad SMARTS) is 1. The molecule has 0 heterocycles. The van der Waals surface area contributed by atoms with Gasteiger partial charge in [0, 0.05) is 6.08 Å². The fraction of sp³-hybridized carbons (Fsp3) is 0.0370. The maximum absolute atomic E-state index is 12.7. The van der Waals surface area contributed by atoms with Crippen LogP contribution in [-0.2, 0) is 14.8 Å². The van der Waals surface area contributed by atoms with E-state index in [0.717, 1.165) is 16.3 Å². The summed E-state index contributed by atoms with van der Waals surface area (Å²) in [5, 5.41) is 14.2. The molecule has 0 bridgehead atoms. The number of aromatic carboxylic acids is 1. The minimum atomic E-state index is -3.89. The zero-order valence-electron chi connectivity index (χ0n) is 18.7. The van der Waals surface area contributed by atoms with Crippen LogP contribution in [0.25, 0.3) is 16.3 Å². The van der Waals surface area contributed by atoms with Crippen LogP contribution in [0.2, 0.25) is 0 Å². The van der Waals surface area contributed by atoms with E-state index in [1.54, 1.807) is 25.1 Å². The zero-order chi connectivity index (χ0) is 25.0. The summed E-state index contributed by atoms with van der Waals surface area (Å²) in [6.07, 6.45) is 1.37. The molecule has 3 N–H and O–H groups in total. The number of allylic oxidation sites excluding steroid dienone is 1. The first-order valence-electron chi connectivity index (χ1n) is 10.7. The highest BCUT2D eigenvalue weighted by molar-refractivity contribution is 7.92. The molecule has 35 heavy (non-hydrogen) atoms. The number of carbonyl (C=O) groups excluding carboxylic acids is 1. The summed E-state index contributed by atoms with van der Waals surface area (Å²) in [7, 11) is -3.89. The Morgan fingerprint density at radius 2 is 1.51 bits per heavy atom. The number of rotatable bonds is 7. The van der Waals surface area contributed by atoms with Crippen molar-refractivity contribution in [3.8, 4) is 0 Å². The van der Waals surface area contributed by atoms with Crippen LogP contribution in [-0.4, -0.2) is 25.4 Å². The maximum atomic E-state index is 12.7. The van der Waals surface area contributed by atoms with E-state index < -0.39 is 21.9 Å². The number of fused-ring (bicyclic) bond motifs is 1. The molecular formula is C27H22N2O5S. The number of amides is 1. The van der Waals surface area contributed by atoms with Gasteiger partial charge in [-0.3, -0.25) is 9.52 Å². The number of sulfonamides is 1. The van der Waals surface area contributed by atoms with E-state index >= 15 is 0 Å². The van der Waals surface area contributed by atoms with Crippen molar-refractivity contribution < 1.29 is 23.1 Å². The van der Waals surface area contributed by atoms with Crippen molar-refractivity contribution in [1.29, 1.82) is 0 Å². The molecule has 4 aromatic carbocycles. The quantitative estimate of drug-likeness (QED) is 0.304. The Kier molecular flexibility index (Phi) is 6.66. The molecule has 8 heteroatoms. The first kappa shape index (κ1) is 23.7. The first-order valence-corrected chi connectivity index (χ1v) is 12.1. The zero-order valence-corrected chi connectivity index (χ0v) is 19.5. The summed E-state index contributed by atoms with van der Waals surface area (Å²) >= 11 is 0. The van der Waals surface area contributed by atoms with Gasteiger partial charge < -0.3 is 10.4 Å². The molecule has 0 spiro atoms. The molecule has 176 valence electrons. The number of carbonyl (C=O) groups is 2. The molecular weight excluding hydrogens is 464 g/mol. The summed E-state index contributed by atoms with van der Waals surface area (Å²) in [4.78, 5) is 24.5. The minimum Gasteiger partial charge on any atom is -0.478 e. The Balaban J connectivity index is 1.59. The number of hydrogen-bond acceptors (Lipinski definition) is 4. The second-order valence-electron chi connectivity index (χ2n) is 7.86. The second-order valence-corrected chi connectivity index (χ2v) is 9.55. The number of nitrogens with one attached hydrogen (secondary N) is 2. The third kappa shape index (κ3) is 5.56. The van der Waals surface area contributed by atoms with Crippen molar-refractivity contribution in [2.75, 3.05) is 10.0 Å². The van der Waals surface area contributed by atoms with Crippen LogP contribution < -0.4 is 10.0 Å². The van der Waals surface area contributed by atoms with Gasteiger partial charge in [0.05, 0.1) is 21.8 Å². The van der Waals surface area contributed by atoms with E-state index in [2.05, 4.69) is 10.0 Å². The molecule has 7 nitrogen and oxygen atoms in total. The molecule has 0 aliphatic carbocycles. The van der Waals surface area contributed by atoms with Gasteiger partial charge in [0.25, 0.3) is 10.0 Å². The molecule has 1 amide bonds. The molecule has 0 radical (unpaired) electrons. The number of carboxylic acids is 1. The van der Waals surface area contributed by atoms with Gasteiger partial charge in [-0.05, 0) is 65.2 Å². The van der Waals surface area contributed by atoms with Crippen LogP contribution in [0.3, 0.4) is 0 Å². The molecule has 4 aromatic rings. The summed E-state index contributed by atoms with van der Waals surface area (Å²) in [5.74, 6) is -1.80. The average Bonchev–Trinajstić information content (AvgIpc) is 2.84. The van der Waals surface area contributed by atoms with Crippen LogP contribution in [0.15, 0.2) is 102 Å². The van der Waals surface area contributed by atoms with Crippen molar-refractivity contribution in [2.24, 2.45) is 0 Å². The third-order valence-electron chi connectivity index (χ3n) is 5.37. The largest absolute Gasteiger partial charge is 0.478 e. The fourth-order valence-corrected chi connectivity index (χ4v) is 4.67. The van der Waals surface area contributed by atoms with Crippen molar-refractivity contribution in [1.82, 2.24) is 0 Å². The minimum absolute atomic E-state index is 0.0293. The number of hydrogen-bond donors (Lipinski definition) is 3.